The van der Waals surface area contributed by atoms with E-state index in [1.807, 2.05) is 27.7 Å². The monoisotopic (exact) mass is 529 g/mol. The fourth-order valence-electron chi connectivity index (χ4n) is 5.73. The molecule has 8 heteroatoms. The predicted octanol–water partition coefficient (Wildman–Crippen LogP) is 4.03. The Kier molecular flexibility index (Phi) is 10.5. The highest BCUT2D eigenvalue weighted by molar-refractivity contribution is 6.16. The summed E-state index contributed by atoms with van der Waals surface area (Å²) in [5.74, 6) is 1.74. The lowest BCUT2D eigenvalue weighted by molar-refractivity contribution is -0.161. The summed E-state index contributed by atoms with van der Waals surface area (Å²) in [6.07, 6.45) is 16.5. The molecule has 4 bridgehead atoms. The lowest BCUT2D eigenvalue weighted by Gasteiger charge is -2.24. The smallest absolute Gasteiger partial charge is 0.310 e. The Morgan fingerprint density at radius 3 is 1.92 bits per heavy atom. The van der Waals surface area contributed by atoms with E-state index in [1.165, 1.54) is 6.08 Å². The van der Waals surface area contributed by atoms with E-state index in [-0.39, 0.29) is 47.8 Å². The molecule has 6 atom stereocenters. The van der Waals surface area contributed by atoms with Crippen LogP contribution in [0.5, 0.6) is 0 Å². The third kappa shape index (κ3) is 8.38. The number of ether oxygens (including phenoxy) is 2. The van der Waals surface area contributed by atoms with E-state index in [9.17, 15) is 19.2 Å². The van der Waals surface area contributed by atoms with Gasteiger partial charge in [0.05, 0.1) is 18.4 Å². The fraction of sp³-hybridized carbons (Fsp3) is 0.667. The number of esters is 2. The van der Waals surface area contributed by atoms with Gasteiger partial charge < -0.3 is 14.6 Å². The van der Waals surface area contributed by atoms with Crippen LogP contribution in [0, 0.1) is 35.5 Å². The first-order chi connectivity index (χ1) is 18.0. The summed E-state index contributed by atoms with van der Waals surface area (Å²) < 4.78 is 10.5. The highest BCUT2D eigenvalue weighted by atomic mass is 16.6. The molecular formula is C30H43NO7. The maximum absolute atomic E-state index is 11.8. The molecule has 0 aromatic heterocycles. The summed E-state index contributed by atoms with van der Waals surface area (Å²) in [5, 5.41) is 10.7. The number of aliphatic hydroxyl groups excluding tert-OH is 1. The van der Waals surface area contributed by atoms with E-state index in [0.717, 1.165) is 32.1 Å². The highest BCUT2D eigenvalue weighted by Crippen LogP contribution is 2.45. The summed E-state index contributed by atoms with van der Waals surface area (Å²) in [4.78, 5) is 44.7. The van der Waals surface area contributed by atoms with Crippen LogP contribution >= 0.6 is 0 Å². The molecule has 2 amide bonds. The number of allylic oxidation sites excluding steroid dienone is 4. The Hall–Kier alpha value is -2.74. The van der Waals surface area contributed by atoms with Gasteiger partial charge in [0, 0.05) is 24.7 Å². The van der Waals surface area contributed by atoms with Crippen LogP contribution < -0.4 is 5.32 Å². The van der Waals surface area contributed by atoms with Crippen LogP contribution in [0.1, 0.15) is 72.6 Å². The maximum atomic E-state index is 11.8. The molecule has 0 spiro atoms. The number of rotatable bonds is 7. The first-order valence-electron chi connectivity index (χ1n) is 13.9. The van der Waals surface area contributed by atoms with Gasteiger partial charge in [-0.3, -0.25) is 24.5 Å². The Labute approximate surface area is 225 Å². The van der Waals surface area contributed by atoms with Crippen LogP contribution in [-0.4, -0.2) is 47.7 Å². The molecule has 0 saturated heterocycles. The van der Waals surface area contributed by atoms with Gasteiger partial charge in [0.2, 0.25) is 0 Å². The molecule has 0 radical (unpaired) electrons. The molecule has 0 aromatic carbocycles. The van der Waals surface area contributed by atoms with E-state index >= 15 is 0 Å². The average Bonchev–Trinajstić information content (AvgIpc) is 3.68. The topological polar surface area (TPSA) is 119 Å². The Morgan fingerprint density at radius 1 is 0.947 bits per heavy atom. The van der Waals surface area contributed by atoms with Crippen LogP contribution in [0.2, 0.25) is 0 Å². The summed E-state index contributed by atoms with van der Waals surface area (Å²) in [6.45, 7) is 8.18. The number of hydrogen-bond donors (Lipinski definition) is 2. The van der Waals surface area contributed by atoms with Crippen LogP contribution in [0.3, 0.4) is 0 Å². The van der Waals surface area contributed by atoms with E-state index < -0.39 is 0 Å². The second kappa shape index (κ2) is 13.4. The van der Waals surface area contributed by atoms with E-state index in [4.69, 9.17) is 14.6 Å². The third-order valence-electron chi connectivity index (χ3n) is 7.47. The molecule has 210 valence electrons. The molecule has 0 aromatic rings. The molecule has 2 saturated carbocycles. The minimum atomic E-state index is -0.345. The number of aliphatic hydroxyl groups is 1. The first-order valence-corrected chi connectivity index (χ1v) is 13.9. The first kappa shape index (κ1) is 29.8. The second-order valence-corrected chi connectivity index (χ2v) is 11.8. The highest BCUT2D eigenvalue weighted by Gasteiger charge is 2.42. The Balaban J connectivity index is 0.000000161. The van der Waals surface area contributed by atoms with E-state index in [2.05, 4.69) is 29.6 Å². The van der Waals surface area contributed by atoms with Crippen molar-refractivity contribution in [2.24, 2.45) is 35.5 Å². The van der Waals surface area contributed by atoms with Gasteiger partial charge in [-0.1, -0.05) is 37.6 Å². The maximum Gasteiger partial charge on any atom is 0.310 e. The van der Waals surface area contributed by atoms with Crippen molar-refractivity contribution in [3.63, 3.8) is 0 Å². The molecule has 1 aliphatic heterocycles. The molecule has 5 aliphatic rings. The van der Waals surface area contributed by atoms with E-state index in [1.54, 1.807) is 0 Å². The summed E-state index contributed by atoms with van der Waals surface area (Å²) in [7, 11) is 0. The molecule has 5 rings (SSSR count). The largest absolute Gasteiger partial charge is 0.465 e. The van der Waals surface area contributed by atoms with Crippen molar-refractivity contribution in [1.29, 1.82) is 0 Å². The minimum absolute atomic E-state index is 0.00523. The molecule has 1 heterocycles. The number of carbonyl (C=O) groups excluding carboxylic acids is 4. The molecule has 2 fully saturated rings. The van der Waals surface area contributed by atoms with Gasteiger partial charge in [-0.05, 0) is 76.5 Å². The zero-order valence-electron chi connectivity index (χ0n) is 23.1. The number of carbonyl (C=O) groups is 4. The van der Waals surface area contributed by atoms with Gasteiger partial charge in [0.25, 0.3) is 11.8 Å². The number of nitrogens with one attached hydrogen (secondary N) is 1. The molecular weight excluding hydrogens is 486 g/mol. The van der Waals surface area contributed by atoms with Crippen molar-refractivity contribution in [3.05, 3.63) is 36.0 Å². The second-order valence-electron chi connectivity index (χ2n) is 11.8. The van der Waals surface area contributed by atoms with Crippen molar-refractivity contribution in [2.75, 3.05) is 13.2 Å². The zero-order valence-corrected chi connectivity index (χ0v) is 23.1. The number of imide groups is 1. The SMILES string of the molecule is CC(C)(C)OC(=O)C1CC2C=CC1C2.CCCC1=CC(=O)NC1=O.O=C(OCCCO)C1CC2C=CC1C2. The van der Waals surface area contributed by atoms with Crippen LogP contribution in [0.15, 0.2) is 36.0 Å². The van der Waals surface area contributed by atoms with Crippen LogP contribution in [0.4, 0.5) is 0 Å². The zero-order chi connectivity index (χ0) is 27.9. The lowest BCUT2D eigenvalue weighted by atomic mass is 9.93. The van der Waals surface area contributed by atoms with Gasteiger partial charge in [0.1, 0.15) is 5.60 Å². The molecule has 4 aliphatic carbocycles. The number of hydrogen-bond acceptors (Lipinski definition) is 7. The van der Waals surface area contributed by atoms with Gasteiger partial charge in [-0.2, -0.15) is 0 Å². The lowest BCUT2D eigenvalue weighted by Crippen LogP contribution is -2.30. The van der Waals surface area contributed by atoms with Crippen LogP contribution in [-0.2, 0) is 28.7 Å². The quantitative estimate of drug-likeness (QED) is 0.221. The van der Waals surface area contributed by atoms with Crippen LogP contribution in [0.25, 0.3) is 0 Å². The minimum Gasteiger partial charge on any atom is -0.465 e. The Bertz CT molecular complexity index is 974. The summed E-state index contributed by atoms with van der Waals surface area (Å²) in [6, 6.07) is 0. The van der Waals surface area contributed by atoms with Crippen molar-refractivity contribution in [1.82, 2.24) is 5.32 Å². The normalized spacial score (nSPS) is 29.8. The molecule has 38 heavy (non-hydrogen) atoms. The van der Waals surface area contributed by atoms with Crippen molar-refractivity contribution in [3.8, 4) is 0 Å². The van der Waals surface area contributed by atoms with Crippen molar-refractivity contribution in [2.45, 2.75) is 78.2 Å². The van der Waals surface area contributed by atoms with Gasteiger partial charge in [0.15, 0.2) is 0 Å². The molecule has 8 nitrogen and oxygen atoms in total. The average molecular weight is 530 g/mol. The predicted molar refractivity (Wildman–Crippen MR) is 142 cm³/mol. The number of fused-ring (bicyclic) bond motifs is 4. The molecule has 2 N–H and O–H groups in total. The van der Waals surface area contributed by atoms with Gasteiger partial charge in [-0.15, -0.1) is 0 Å². The standard InChI is InChI=1S/C12H18O2.C11H16O3.C7H9NO2/c1-12(2,3)14-11(13)10-7-8-4-5-9(10)6-8;12-4-1-5-14-11(13)10-7-8-2-3-9(10)6-8;1-2-3-5-4-6(9)8-7(5)10/h4-5,8-10H,6-7H2,1-3H3;2-3,8-10,12H,1,4-7H2;4H,2-3H2,1H3,(H,8,9,10). The van der Waals surface area contributed by atoms with Crippen molar-refractivity contribution < 1.29 is 33.8 Å². The van der Waals surface area contributed by atoms with Crippen molar-refractivity contribution >= 4 is 23.8 Å². The Morgan fingerprint density at radius 2 is 1.53 bits per heavy atom. The molecule has 6 unspecified atom stereocenters. The van der Waals surface area contributed by atoms with Gasteiger partial charge in [-0.25, -0.2) is 0 Å². The third-order valence-corrected chi connectivity index (χ3v) is 7.47. The summed E-state index contributed by atoms with van der Waals surface area (Å²) in [5.41, 5.74) is 0.260. The van der Waals surface area contributed by atoms with Gasteiger partial charge >= 0.3 is 11.9 Å². The number of amides is 2. The summed E-state index contributed by atoms with van der Waals surface area (Å²) >= 11 is 0. The fourth-order valence-corrected chi connectivity index (χ4v) is 5.73. The van der Waals surface area contributed by atoms with E-state index in [0.29, 0.717) is 48.7 Å².